The van der Waals surface area contributed by atoms with Crippen molar-refractivity contribution in [1.82, 2.24) is 5.32 Å². The van der Waals surface area contributed by atoms with Gasteiger partial charge in [-0.05, 0) is 69.9 Å². The maximum atomic E-state index is 9.67. The highest BCUT2D eigenvalue weighted by molar-refractivity contribution is 9.10. The Morgan fingerprint density at radius 3 is 2.38 bits per heavy atom. The van der Waals surface area contributed by atoms with Crippen LogP contribution in [0.15, 0.2) is 34.3 Å². The van der Waals surface area contributed by atoms with Crippen LogP contribution < -0.4 is 5.32 Å². The lowest BCUT2D eigenvalue weighted by atomic mass is 10.1. The summed E-state index contributed by atoms with van der Waals surface area (Å²) in [5, 5.41) is 50.6. The van der Waals surface area contributed by atoms with Gasteiger partial charge in [-0.1, -0.05) is 12.2 Å². The van der Waals surface area contributed by atoms with E-state index in [1.165, 1.54) is 18.2 Å². The van der Waals surface area contributed by atoms with Gasteiger partial charge in [-0.15, -0.1) is 0 Å². The minimum atomic E-state index is -0.281. The fraction of sp³-hybridized carbons (Fsp3) is 0.111. The average Bonchev–Trinajstić information content (AvgIpc) is 2.59. The van der Waals surface area contributed by atoms with Crippen LogP contribution in [-0.2, 0) is 6.54 Å². The van der Waals surface area contributed by atoms with Crippen molar-refractivity contribution >= 4 is 39.2 Å². The minimum Gasteiger partial charge on any atom is -0.504 e. The van der Waals surface area contributed by atoms with Crippen LogP contribution in [0, 0.1) is 18.3 Å². The van der Waals surface area contributed by atoms with Gasteiger partial charge in [0.05, 0.1) is 10.0 Å². The molecule has 0 aromatic heterocycles. The molecule has 0 amide bonds. The summed E-state index contributed by atoms with van der Waals surface area (Å²) in [6, 6.07) is 7.93. The van der Waals surface area contributed by atoms with Crippen LogP contribution in [-0.4, -0.2) is 25.4 Å². The second kappa shape index (κ2) is 8.08. The molecule has 0 heterocycles. The van der Waals surface area contributed by atoms with Crippen molar-refractivity contribution in [3.8, 4) is 29.1 Å². The topological polar surface area (TPSA) is 117 Å². The van der Waals surface area contributed by atoms with E-state index >= 15 is 0 Å². The van der Waals surface area contributed by atoms with Gasteiger partial charge in [0, 0.05) is 6.54 Å². The molecule has 0 bridgehead atoms. The molecular weight excluding hydrogens is 420 g/mol. The lowest BCUT2D eigenvalue weighted by Gasteiger charge is -2.10. The van der Waals surface area contributed by atoms with E-state index in [1.54, 1.807) is 19.1 Å². The van der Waals surface area contributed by atoms with Crippen LogP contribution in [0.4, 0.5) is 0 Å². The highest BCUT2D eigenvalue weighted by Gasteiger charge is 2.10. The lowest BCUT2D eigenvalue weighted by Crippen LogP contribution is -2.22. The van der Waals surface area contributed by atoms with Gasteiger partial charge in [0.2, 0.25) is 0 Å². The predicted molar refractivity (Wildman–Crippen MR) is 105 cm³/mol. The molecule has 2 rings (SSSR count). The van der Waals surface area contributed by atoms with Gasteiger partial charge < -0.3 is 25.7 Å². The van der Waals surface area contributed by atoms with E-state index in [9.17, 15) is 25.7 Å². The molecule has 8 heteroatoms. The Labute approximate surface area is 163 Å². The third kappa shape index (κ3) is 4.45. The molecule has 6 nitrogen and oxygen atoms in total. The number of aryl methyl sites for hydroxylation is 1. The van der Waals surface area contributed by atoms with Gasteiger partial charge in [0.1, 0.15) is 11.1 Å². The standard InChI is InChI=1S/C18H15BrN2O4S/c1-9-2-10(5-14(22)16(9)24)3-12(7-20)18(26)21-8-11-4-13(19)17(25)15(23)6-11/h2-6,22-25H,8H2,1H3,(H,21,26)/b12-3+. The molecule has 0 fully saturated rings. The summed E-state index contributed by atoms with van der Waals surface area (Å²) < 4.78 is 0.339. The molecule has 5 N–H and O–H groups in total. The smallest absolute Gasteiger partial charge is 0.171 e. The van der Waals surface area contributed by atoms with Crippen LogP contribution in [0.25, 0.3) is 6.08 Å². The van der Waals surface area contributed by atoms with E-state index < -0.39 is 0 Å². The van der Waals surface area contributed by atoms with Gasteiger partial charge in [-0.2, -0.15) is 5.26 Å². The molecule has 2 aromatic carbocycles. The third-order valence-corrected chi connectivity index (χ3v) is 4.50. The first-order valence-electron chi connectivity index (χ1n) is 7.35. The molecule has 0 aliphatic rings. The number of nitriles is 1. The quantitative estimate of drug-likeness (QED) is 0.216. The monoisotopic (exact) mass is 434 g/mol. The molecule has 134 valence electrons. The zero-order chi connectivity index (χ0) is 19.4. The van der Waals surface area contributed by atoms with Crippen LogP contribution in [0.2, 0.25) is 0 Å². The van der Waals surface area contributed by atoms with Crippen molar-refractivity contribution in [2.24, 2.45) is 0 Å². The Morgan fingerprint density at radius 1 is 1.15 bits per heavy atom. The molecular formula is C18H15BrN2O4S. The molecule has 26 heavy (non-hydrogen) atoms. The van der Waals surface area contributed by atoms with Crippen LogP contribution >= 0.6 is 28.1 Å². The van der Waals surface area contributed by atoms with E-state index in [0.717, 1.165) is 0 Å². The zero-order valence-corrected chi connectivity index (χ0v) is 16.0. The summed E-state index contributed by atoms with van der Waals surface area (Å²) in [4.78, 5) is 0.182. The Balaban J connectivity index is 2.18. The number of phenolic OH excluding ortho intramolecular Hbond substituents is 4. The molecule has 0 aliphatic carbocycles. The van der Waals surface area contributed by atoms with Crippen LogP contribution in [0.1, 0.15) is 16.7 Å². The van der Waals surface area contributed by atoms with Crippen molar-refractivity contribution in [1.29, 1.82) is 5.26 Å². The van der Waals surface area contributed by atoms with Gasteiger partial charge in [0.15, 0.2) is 23.0 Å². The van der Waals surface area contributed by atoms with E-state index in [2.05, 4.69) is 21.2 Å². The highest BCUT2D eigenvalue weighted by Crippen LogP contribution is 2.34. The second-order valence-corrected chi connectivity index (χ2v) is 6.77. The third-order valence-electron chi connectivity index (χ3n) is 3.53. The van der Waals surface area contributed by atoms with Crippen molar-refractivity contribution in [2.45, 2.75) is 13.5 Å². The molecule has 0 aliphatic heterocycles. The van der Waals surface area contributed by atoms with Crippen molar-refractivity contribution in [3.63, 3.8) is 0 Å². The summed E-state index contributed by atoms with van der Waals surface area (Å²) in [5.74, 6) is -1.01. The first kappa shape index (κ1) is 19.6. The summed E-state index contributed by atoms with van der Waals surface area (Å²) >= 11 is 8.35. The molecule has 0 spiro atoms. The molecule has 0 saturated heterocycles. The summed E-state index contributed by atoms with van der Waals surface area (Å²) in [6.07, 6.45) is 1.49. The van der Waals surface area contributed by atoms with Gasteiger partial charge in [0.25, 0.3) is 0 Å². The molecule has 0 unspecified atom stereocenters. The normalized spacial score (nSPS) is 11.0. The lowest BCUT2D eigenvalue weighted by molar-refractivity contribution is 0.401. The van der Waals surface area contributed by atoms with E-state index in [-0.39, 0.29) is 40.1 Å². The van der Waals surface area contributed by atoms with E-state index in [0.29, 0.717) is 21.2 Å². The summed E-state index contributed by atoms with van der Waals surface area (Å²) in [5.41, 5.74) is 1.80. The number of rotatable bonds is 4. The number of nitrogens with zero attached hydrogens (tertiary/aromatic N) is 1. The van der Waals surface area contributed by atoms with Crippen LogP contribution in [0.3, 0.4) is 0 Å². The largest absolute Gasteiger partial charge is 0.504 e. The Kier molecular flexibility index (Phi) is 6.08. The van der Waals surface area contributed by atoms with Gasteiger partial charge in [-0.3, -0.25) is 0 Å². The number of hydrogen-bond donors (Lipinski definition) is 5. The van der Waals surface area contributed by atoms with E-state index in [4.69, 9.17) is 12.2 Å². The van der Waals surface area contributed by atoms with Crippen molar-refractivity contribution < 1.29 is 20.4 Å². The average molecular weight is 435 g/mol. The number of thiocarbonyl (C=S) groups is 1. The summed E-state index contributed by atoms with van der Waals surface area (Å²) in [6.45, 7) is 1.86. The molecule has 0 radical (unpaired) electrons. The molecule has 0 atom stereocenters. The Morgan fingerprint density at radius 2 is 1.81 bits per heavy atom. The fourth-order valence-corrected chi connectivity index (χ4v) is 2.88. The Bertz CT molecular complexity index is 905. The van der Waals surface area contributed by atoms with Crippen LogP contribution in [0.5, 0.6) is 23.0 Å². The van der Waals surface area contributed by atoms with Crippen molar-refractivity contribution in [2.75, 3.05) is 0 Å². The number of aromatic hydroxyl groups is 4. The van der Waals surface area contributed by atoms with E-state index in [1.807, 2.05) is 6.07 Å². The molecule has 2 aromatic rings. The number of benzene rings is 2. The van der Waals surface area contributed by atoms with Gasteiger partial charge in [-0.25, -0.2) is 0 Å². The number of hydrogen-bond acceptors (Lipinski definition) is 6. The maximum absolute atomic E-state index is 9.67. The number of halogens is 1. The first-order chi connectivity index (χ1) is 12.2. The SMILES string of the molecule is Cc1cc(/C=C(\C#N)C(=S)NCc2cc(O)c(O)c(Br)c2)cc(O)c1O. The number of nitrogens with one attached hydrogen (secondary N) is 1. The summed E-state index contributed by atoms with van der Waals surface area (Å²) in [7, 11) is 0. The first-order valence-corrected chi connectivity index (χ1v) is 8.56. The zero-order valence-electron chi connectivity index (χ0n) is 13.6. The predicted octanol–water partition coefficient (Wildman–Crippen LogP) is 3.60. The number of phenols is 4. The van der Waals surface area contributed by atoms with Gasteiger partial charge >= 0.3 is 0 Å². The van der Waals surface area contributed by atoms with Crippen molar-refractivity contribution in [3.05, 3.63) is 51.0 Å². The highest BCUT2D eigenvalue weighted by atomic mass is 79.9. The minimum absolute atomic E-state index is 0.173. The Hall–Kier alpha value is -2.76. The second-order valence-electron chi connectivity index (χ2n) is 5.50. The maximum Gasteiger partial charge on any atom is 0.171 e. The molecule has 0 saturated carbocycles. The fourth-order valence-electron chi connectivity index (χ4n) is 2.21.